The quantitative estimate of drug-likeness (QED) is 0.771. The maximum absolute atomic E-state index is 6.26. The van der Waals surface area contributed by atoms with Crippen LogP contribution >= 0.6 is 38.9 Å². The summed E-state index contributed by atoms with van der Waals surface area (Å²) in [7, 11) is 0. The van der Waals surface area contributed by atoms with E-state index in [0.717, 1.165) is 28.9 Å². The van der Waals surface area contributed by atoms with Crippen LogP contribution in [-0.4, -0.2) is 11.5 Å². The summed E-state index contributed by atoms with van der Waals surface area (Å²) >= 11 is 11.6. The van der Waals surface area contributed by atoms with E-state index in [1.165, 1.54) is 34.0 Å². The Hall–Kier alpha value is -0.420. The minimum Gasteiger partial charge on any atom is -0.304 e. The third kappa shape index (κ3) is 3.34. The van der Waals surface area contributed by atoms with Gasteiger partial charge in [0.2, 0.25) is 0 Å². The average Bonchev–Trinajstić information content (AvgIpc) is 3.04. The van der Waals surface area contributed by atoms with E-state index in [0.29, 0.717) is 0 Å². The van der Waals surface area contributed by atoms with Crippen LogP contribution in [0.15, 0.2) is 22.7 Å². The molecule has 1 aliphatic rings. The van der Waals surface area contributed by atoms with Gasteiger partial charge in [-0.15, -0.1) is 11.3 Å². The molecule has 0 bridgehead atoms. The predicted molar refractivity (Wildman–Crippen MR) is 93.4 cm³/mol. The topological polar surface area (TPSA) is 24.9 Å². The molecule has 1 unspecified atom stereocenters. The highest BCUT2D eigenvalue weighted by Crippen LogP contribution is 2.35. The van der Waals surface area contributed by atoms with Gasteiger partial charge in [0.1, 0.15) is 5.01 Å². The van der Waals surface area contributed by atoms with Crippen molar-refractivity contribution in [2.75, 3.05) is 6.54 Å². The van der Waals surface area contributed by atoms with E-state index in [9.17, 15) is 0 Å². The van der Waals surface area contributed by atoms with Crippen molar-refractivity contribution in [2.45, 2.75) is 38.6 Å². The first-order chi connectivity index (χ1) is 10.2. The summed E-state index contributed by atoms with van der Waals surface area (Å²) in [4.78, 5) is 6.34. The summed E-state index contributed by atoms with van der Waals surface area (Å²) in [6.45, 7) is 3.16. The van der Waals surface area contributed by atoms with E-state index in [1.54, 1.807) is 0 Å². The molecule has 2 nitrogen and oxygen atoms in total. The first kappa shape index (κ1) is 15.5. The summed E-state index contributed by atoms with van der Waals surface area (Å²) in [5.41, 5.74) is 2.49. The molecule has 0 saturated carbocycles. The van der Waals surface area contributed by atoms with E-state index < -0.39 is 0 Å². The highest BCUT2D eigenvalue weighted by Gasteiger charge is 2.23. The minimum absolute atomic E-state index is 0.145. The zero-order valence-corrected chi connectivity index (χ0v) is 15.1. The molecule has 2 aromatic rings. The molecule has 3 rings (SSSR count). The van der Waals surface area contributed by atoms with Crippen LogP contribution in [0.4, 0.5) is 0 Å². The molecule has 0 fully saturated rings. The number of rotatable bonds is 5. The van der Waals surface area contributed by atoms with Crippen LogP contribution in [0.3, 0.4) is 0 Å². The van der Waals surface area contributed by atoms with Crippen molar-refractivity contribution in [2.24, 2.45) is 0 Å². The fourth-order valence-corrected chi connectivity index (χ4v) is 4.36. The van der Waals surface area contributed by atoms with E-state index in [-0.39, 0.29) is 6.04 Å². The Labute approximate surface area is 143 Å². The van der Waals surface area contributed by atoms with Crippen molar-refractivity contribution in [1.29, 1.82) is 0 Å². The number of aryl methyl sites for hydroxylation is 2. The Bertz CT molecular complexity index is 620. The monoisotopic (exact) mass is 384 g/mol. The third-order valence-corrected chi connectivity index (χ3v) is 6.19. The largest absolute Gasteiger partial charge is 0.304 e. The SMILES string of the molecule is CCCNC(c1ccc(Br)c(Cl)c1)c1nc2c(s1)CCC2. The van der Waals surface area contributed by atoms with Crippen LogP contribution in [0.2, 0.25) is 5.02 Å². The van der Waals surface area contributed by atoms with Gasteiger partial charge in [0.25, 0.3) is 0 Å². The van der Waals surface area contributed by atoms with Gasteiger partial charge < -0.3 is 5.32 Å². The zero-order valence-electron chi connectivity index (χ0n) is 12.0. The van der Waals surface area contributed by atoms with Crippen LogP contribution in [0, 0.1) is 0 Å². The van der Waals surface area contributed by atoms with Crippen molar-refractivity contribution in [3.8, 4) is 0 Å². The lowest BCUT2D eigenvalue weighted by Crippen LogP contribution is -2.23. The van der Waals surface area contributed by atoms with Crippen LogP contribution in [-0.2, 0) is 12.8 Å². The van der Waals surface area contributed by atoms with Crippen molar-refractivity contribution < 1.29 is 0 Å². The molecule has 1 aromatic carbocycles. The third-order valence-electron chi connectivity index (χ3n) is 3.73. The molecule has 0 spiro atoms. The summed E-state index contributed by atoms with van der Waals surface area (Å²) in [6.07, 6.45) is 4.68. The Kier molecular flexibility index (Phi) is 4.99. The van der Waals surface area contributed by atoms with Gasteiger partial charge in [-0.2, -0.15) is 0 Å². The number of hydrogen-bond donors (Lipinski definition) is 1. The number of aromatic nitrogens is 1. The van der Waals surface area contributed by atoms with Gasteiger partial charge in [-0.25, -0.2) is 4.98 Å². The average molecular weight is 386 g/mol. The van der Waals surface area contributed by atoms with Crippen LogP contribution < -0.4 is 5.32 Å². The molecule has 0 amide bonds. The molecule has 1 aliphatic carbocycles. The van der Waals surface area contributed by atoms with E-state index >= 15 is 0 Å². The molecular formula is C16H18BrClN2S. The molecule has 1 N–H and O–H groups in total. The number of halogens is 2. The molecular weight excluding hydrogens is 368 g/mol. The Morgan fingerprint density at radius 3 is 3.00 bits per heavy atom. The van der Waals surface area contributed by atoms with Crippen LogP contribution in [0.1, 0.15) is 46.9 Å². The first-order valence-corrected chi connectivity index (χ1v) is 9.34. The van der Waals surface area contributed by atoms with Gasteiger partial charge in [0, 0.05) is 9.35 Å². The lowest BCUT2D eigenvalue weighted by Gasteiger charge is -2.17. The van der Waals surface area contributed by atoms with Gasteiger partial charge in [-0.3, -0.25) is 0 Å². The van der Waals surface area contributed by atoms with Gasteiger partial charge in [0.15, 0.2) is 0 Å². The Morgan fingerprint density at radius 1 is 1.43 bits per heavy atom. The van der Waals surface area contributed by atoms with Crippen LogP contribution in [0.25, 0.3) is 0 Å². The van der Waals surface area contributed by atoms with Crippen molar-refractivity contribution in [3.05, 3.63) is 48.8 Å². The fourth-order valence-electron chi connectivity index (χ4n) is 2.66. The highest BCUT2D eigenvalue weighted by atomic mass is 79.9. The van der Waals surface area contributed by atoms with Gasteiger partial charge in [0.05, 0.1) is 16.8 Å². The molecule has 0 radical (unpaired) electrons. The Balaban J connectivity index is 1.94. The molecule has 1 atom stereocenters. The number of thiazole rings is 1. The van der Waals surface area contributed by atoms with Crippen LogP contribution in [0.5, 0.6) is 0 Å². The molecule has 5 heteroatoms. The molecule has 112 valence electrons. The predicted octanol–water partition coefficient (Wildman–Crippen LogP) is 5.14. The Morgan fingerprint density at radius 2 is 2.29 bits per heavy atom. The van der Waals surface area contributed by atoms with E-state index in [4.69, 9.17) is 16.6 Å². The molecule has 1 aromatic heterocycles. The summed E-state index contributed by atoms with van der Waals surface area (Å²) in [6, 6.07) is 6.31. The lowest BCUT2D eigenvalue weighted by atomic mass is 10.1. The maximum atomic E-state index is 6.26. The fraction of sp³-hybridized carbons (Fsp3) is 0.438. The summed E-state index contributed by atoms with van der Waals surface area (Å²) < 4.78 is 0.934. The second-order valence-corrected chi connectivity index (χ2v) is 7.71. The molecule has 0 saturated heterocycles. The number of nitrogens with zero attached hydrogens (tertiary/aromatic N) is 1. The van der Waals surface area contributed by atoms with Crippen molar-refractivity contribution in [1.82, 2.24) is 10.3 Å². The lowest BCUT2D eigenvalue weighted by molar-refractivity contribution is 0.594. The highest BCUT2D eigenvalue weighted by molar-refractivity contribution is 9.10. The maximum Gasteiger partial charge on any atom is 0.115 e. The molecule has 0 aliphatic heterocycles. The summed E-state index contributed by atoms with van der Waals surface area (Å²) in [5.74, 6) is 0. The minimum atomic E-state index is 0.145. The van der Waals surface area contributed by atoms with Crippen molar-refractivity contribution >= 4 is 38.9 Å². The second kappa shape index (κ2) is 6.78. The first-order valence-electron chi connectivity index (χ1n) is 7.36. The van der Waals surface area contributed by atoms with E-state index in [1.807, 2.05) is 23.5 Å². The van der Waals surface area contributed by atoms with Crippen molar-refractivity contribution in [3.63, 3.8) is 0 Å². The standard InChI is InChI=1S/C16H18BrClN2S/c1-2-8-19-15(10-6-7-11(17)12(18)9-10)16-20-13-4-3-5-14(13)21-16/h6-7,9,15,19H,2-5,8H2,1H3. The molecule has 1 heterocycles. The normalized spacial score (nSPS) is 15.2. The van der Waals surface area contributed by atoms with E-state index in [2.05, 4.69) is 34.2 Å². The van der Waals surface area contributed by atoms with Gasteiger partial charge >= 0.3 is 0 Å². The number of benzene rings is 1. The molecule has 21 heavy (non-hydrogen) atoms. The summed E-state index contributed by atoms with van der Waals surface area (Å²) in [5, 5.41) is 5.53. The number of hydrogen-bond acceptors (Lipinski definition) is 3. The number of fused-ring (bicyclic) bond motifs is 1. The van der Waals surface area contributed by atoms with Gasteiger partial charge in [-0.1, -0.05) is 24.6 Å². The smallest absolute Gasteiger partial charge is 0.115 e. The zero-order chi connectivity index (χ0) is 14.8. The van der Waals surface area contributed by atoms with Gasteiger partial charge in [-0.05, 0) is 65.9 Å². The number of nitrogens with one attached hydrogen (secondary N) is 1. The second-order valence-electron chi connectivity index (χ2n) is 5.34.